The second-order valence-electron chi connectivity index (χ2n) is 9.66. The molecule has 3 N–H and O–H groups in total. The highest BCUT2D eigenvalue weighted by Crippen LogP contribution is 2.42. The summed E-state index contributed by atoms with van der Waals surface area (Å²) in [5.74, 6) is -3.41. The van der Waals surface area contributed by atoms with Crippen molar-refractivity contribution in [2.24, 2.45) is 0 Å². The third kappa shape index (κ3) is 7.53. The standard InChI is InChI=1S/C29H25Cl4N3O7S2/c1-4-43-29(42)18-16-8-9-36(13(3)37)11-17(16)45-27(18)35-25(38)12(2)44-15-7-5-6-14(10-15)34-26(39)19-20(28(40)41)22(31)24(33)23(32)21(19)30/h5-7,10,12H,4,8-9,11H2,1-3H3,(H,34,39)(H,35,38)(H,40,41). The van der Waals surface area contributed by atoms with E-state index in [1.165, 1.54) is 30.0 Å². The average molecular weight is 733 g/mol. The third-order valence-electron chi connectivity index (χ3n) is 6.70. The molecule has 16 heteroatoms. The van der Waals surface area contributed by atoms with E-state index < -0.39 is 39.2 Å². The second-order valence-corrected chi connectivity index (χ2v) is 13.7. The Hall–Kier alpha value is -3.00. The quantitative estimate of drug-likeness (QED) is 0.0888. The summed E-state index contributed by atoms with van der Waals surface area (Å²) in [7, 11) is 0. The number of thiophene rings is 1. The van der Waals surface area contributed by atoms with Gasteiger partial charge in [0.2, 0.25) is 11.8 Å². The number of nitrogens with zero attached hydrogens (tertiary/aromatic N) is 1. The highest BCUT2D eigenvalue weighted by Gasteiger charge is 2.32. The number of anilines is 2. The van der Waals surface area contributed by atoms with Gasteiger partial charge in [-0.25, -0.2) is 9.59 Å². The van der Waals surface area contributed by atoms with Crippen molar-refractivity contribution >= 4 is 110 Å². The molecule has 0 spiro atoms. The number of carbonyl (C=O) groups is 5. The maximum atomic E-state index is 13.3. The van der Waals surface area contributed by atoms with E-state index in [9.17, 15) is 29.1 Å². The zero-order chi connectivity index (χ0) is 33.2. The largest absolute Gasteiger partial charge is 0.478 e. The van der Waals surface area contributed by atoms with Crippen molar-refractivity contribution in [1.29, 1.82) is 0 Å². The van der Waals surface area contributed by atoms with E-state index in [1.807, 2.05) is 0 Å². The molecule has 0 bridgehead atoms. The first-order valence-electron chi connectivity index (χ1n) is 13.3. The van der Waals surface area contributed by atoms with Crippen LogP contribution in [0.5, 0.6) is 0 Å². The molecular formula is C29H25Cl4N3O7S2. The van der Waals surface area contributed by atoms with E-state index in [-0.39, 0.29) is 39.2 Å². The Morgan fingerprint density at radius 3 is 2.31 bits per heavy atom. The molecule has 4 rings (SSSR count). The van der Waals surface area contributed by atoms with Crippen LogP contribution in [0.1, 0.15) is 62.3 Å². The molecule has 0 radical (unpaired) electrons. The number of thioether (sulfide) groups is 1. The van der Waals surface area contributed by atoms with E-state index in [2.05, 4.69) is 10.6 Å². The van der Waals surface area contributed by atoms with Gasteiger partial charge in [0.1, 0.15) is 5.00 Å². The van der Waals surface area contributed by atoms with Gasteiger partial charge >= 0.3 is 11.9 Å². The van der Waals surface area contributed by atoms with Crippen LogP contribution in [0.3, 0.4) is 0 Å². The Balaban J connectivity index is 1.52. The highest BCUT2D eigenvalue weighted by molar-refractivity contribution is 8.00. The van der Waals surface area contributed by atoms with Crippen molar-refractivity contribution in [2.45, 2.75) is 43.9 Å². The van der Waals surface area contributed by atoms with Crippen LogP contribution in [-0.4, -0.2) is 58.1 Å². The number of benzene rings is 2. The van der Waals surface area contributed by atoms with E-state index in [1.54, 1.807) is 43.0 Å². The molecule has 1 aromatic heterocycles. The first kappa shape index (κ1) is 34.9. The molecule has 0 fully saturated rings. The van der Waals surface area contributed by atoms with Crippen LogP contribution in [0, 0.1) is 0 Å². The number of hydrogen-bond donors (Lipinski definition) is 3. The van der Waals surface area contributed by atoms with Crippen LogP contribution in [0.2, 0.25) is 20.1 Å². The minimum Gasteiger partial charge on any atom is -0.478 e. The van der Waals surface area contributed by atoms with Crippen molar-refractivity contribution in [2.75, 3.05) is 23.8 Å². The van der Waals surface area contributed by atoms with Gasteiger partial charge in [0.25, 0.3) is 5.91 Å². The Labute approximate surface area is 286 Å². The van der Waals surface area contributed by atoms with Crippen molar-refractivity contribution in [3.8, 4) is 0 Å². The van der Waals surface area contributed by atoms with Gasteiger partial charge in [-0.1, -0.05) is 52.5 Å². The second kappa shape index (κ2) is 14.6. The molecular weight excluding hydrogens is 708 g/mol. The molecule has 45 heavy (non-hydrogen) atoms. The van der Waals surface area contributed by atoms with Crippen LogP contribution in [0.4, 0.5) is 10.7 Å². The molecule has 1 aliphatic heterocycles. The van der Waals surface area contributed by atoms with Gasteiger partial charge in [0, 0.05) is 28.9 Å². The lowest BCUT2D eigenvalue weighted by atomic mass is 10.0. The molecule has 0 saturated carbocycles. The summed E-state index contributed by atoms with van der Waals surface area (Å²) in [4.78, 5) is 66.2. The number of rotatable bonds is 9. The number of amides is 3. The number of carbonyl (C=O) groups excluding carboxylic acids is 4. The fraction of sp³-hybridized carbons (Fsp3) is 0.276. The van der Waals surface area contributed by atoms with Crippen molar-refractivity contribution in [3.05, 3.63) is 71.5 Å². The van der Waals surface area contributed by atoms with Gasteiger partial charge in [0.15, 0.2) is 0 Å². The molecule has 0 aliphatic carbocycles. The monoisotopic (exact) mass is 731 g/mol. The van der Waals surface area contributed by atoms with E-state index in [4.69, 9.17) is 51.1 Å². The van der Waals surface area contributed by atoms with Gasteiger partial charge in [0.05, 0.1) is 55.2 Å². The predicted molar refractivity (Wildman–Crippen MR) is 177 cm³/mol. The summed E-state index contributed by atoms with van der Waals surface area (Å²) in [6.45, 7) is 5.82. The van der Waals surface area contributed by atoms with Crippen molar-refractivity contribution in [1.82, 2.24) is 4.90 Å². The number of fused-ring (bicyclic) bond motifs is 1. The number of esters is 1. The summed E-state index contributed by atoms with van der Waals surface area (Å²) >= 11 is 26.7. The number of aromatic carboxylic acids is 1. The molecule has 2 aromatic carbocycles. The molecule has 1 atom stereocenters. The lowest BCUT2D eigenvalue weighted by Crippen LogP contribution is -2.34. The SMILES string of the molecule is CCOC(=O)c1c(NC(=O)C(C)Sc2cccc(NC(=O)c3c(Cl)c(Cl)c(Cl)c(Cl)c3C(=O)O)c2)sc2c1CCN(C(C)=O)C2. The number of nitrogens with one attached hydrogen (secondary N) is 2. The number of carboxylic acid groups (broad SMARTS) is 1. The lowest BCUT2D eigenvalue weighted by molar-refractivity contribution is -0.129. The first-order chi connectivity index (χ1) is 21.2. The molecule has 3 aromatic rings. The van der Waals surface area contributed by atoms with E-state index >= 15 is 0 Å². The molecule has 1 unspecified atom stereocenters. The molecule has 10 nitrogen and oxygen atoms in total. The van der Waals surface area contributed by atoms with Gasteiger partial charge in [-0.2, -0.15) is 0 Å². The fourth-order valence-corrected chi connectivity index (χ4v) is 7.74. The third-order valence-corrected chi connectivity index (χ3v) is 10.7. The highest BCUT2D eigenvalue weighted by atomic mass is 35.5. The van der Waals surface area contributed by atoms with E-state index in [0.29, 0.717) is 35.0 Å². The molecule has 1 aliphatic rings. The Bertz CT molecular complexity index is 1730. The van der Waals surface area contributed by atoms with Gasteiger partial charge in [-0.15, -0.1) is 23.1 Å². The van der Waals surface area contributed by atoms with Crippen LogP contribution in [0.15, 0.2) is 29.2 Å². The van der Waals surface area contributed by atoms with Crippen molar-refractivity contribution < 1.29 is 33.8 Å². The first-order valence-corrected chi connectivity index (χ1v) is 16.5. The van der Waals surface area contributed by atoms with Crippen LogP contribution in [-0.2, 0) is 27.3 Å². The normalized spacial score (nSPS) is 13.1. The minimum atomic E-state index is -1.52. The molecule has 0 saturated heterocycles. The van der Waals surface area contributed by atoms with Crippen molar-refractivity contribution in [3.63, 3.8) is 0 Å². The Morgan fingerprint density at radius 2 is 1.69 bits per heavy atom. The summed E-state index contributed by atoms with van der Waals surface area (Å²) in [6.07, 6.45) is 0.464. The minimum absolute atomic E-state index is 0.0769. The zero-order valence-corrected chi connectivity index (χ0v) is 28.5. The maximum Gasteiger partial charge on any atom is 0.341 e. The van der Waals surface area contributed by atoms with E-state index in [0.717, 1.165) is 10.4 Å². The summed E-state index contributed by atoms with van der Waals surface area (Å²) in [6, 6.07) is 6.51. The summed E-state index contributed by atoms with van der Waals surface area (Å²) in [5, 5.41) is 13.4. The van der Waals surface area contributed by atoms with Crippen LogP contribution < -0.4 is 10.6 Å². The maximum absolute atomic E-state index is 13.3. The van der Waals surface area contributed by atoms with Gasteiger partial charge in [-0.3, -0.25) is 14.4 Å². The Morgan fingerprint density at radius 1 is 1.02 bits per heavy atom. The predicted octanol–water partition coefficient (Wildman–Crippen LogP) is 7.51. The molecule has 2 heterocycles. The van der Waals surface area contributed by atoms with Crippen LogP contribution in [0.25, 0.3) is 0 Å². The summed E-state index contributed by atoms with van der Waals surface area (Å²) < 4.78 is 5.26. The number of hydrogen-bond acceptors (Lipinski definition) is 8. The van der Waals surface area contributed by atoms with Gasteiger partial charge in [-0.05, 0) is 44.0 Å². The number of ether oxygens (including phenoxy) is 1. The van der Waals surface area contributed by atoms with Crippen LogP contribution >= 0.6 is 69.5 Å². The molecule has 3 amide bonds. The zero-order valence-electron chi connectivity index (χ0n) is 23.9. The molecule has 238 valence electrons. The number of carboxylic acids is 1. The lowest BCUT2D eigenvalue weighted by Gasteiger charge is -2.25. The fourth-order valence-electron chi connectivity index (χ4n) is 4.54. The average Bonchev–Trinajstić information content (AvgIpc) is 3.34. The Kier molecular flexibility index (Phi) is 11.3. The smallest absolute Gasteiger partial charge is 0.341 e. The number of halogens is 4. The summed E-state index contributed by atoms with van der Waals surface area (Å²) in [5.41, 5.74) is 0.284. The topological polar surface area (TPSA) is 142 Å². The van der Waals surface area contributed by atoms with Gasteiger partial charge < -0.3 is 25.4 Å².